The molecule has 0 aromatic carbocycles. The Labute approximate surface area is 112 Å². The summed E-state index contributed by atoms with van der Waals surface area (Å²) < 4.78 is 3.96. The summed E-state index contributed by atoms with van der Waals surface area (Å²) in [7, 11) is 1.89. The van der Waals surface area contributed by atoms with Crippen molar-refractivity contribution in [2.24, 2.45) is 0 Å². The van der Waals surface area contributed by atoms with Crippen molar-refractivity contribution in [3.63, 3.8) is 0 Å². The van der Waals surface area contributed by atoms with Crippen LogP contribution in [0.15, 0.2) is 18.6 Å². The predicted octanol–water partition coefficient (Wildman–Crippen LogP) is 1.36. The molecule has 1 fully saturated rings. The Morgan fingerprint density at radius 2 is 2.16 bits per heavy atom. The zero-order valence-corrected chi connectivity index (χ0v) is 11.3. The van der Waals surface area contributed by atoms with Crippen LogP contribution in [0.25, 0.3) is 0 Å². The third kappa shape index (κ3) is 2.84. The van der Waals surface area contributed by atoms with Crippen molar-refractivity contribution in [1.29, 1.82) is 0 Å². The maximum absolute atomic E-state index is 4.66. The van der Waals surface area contributed by atoms with E-state index in [0.717, 1.165) is 11.5 Å². The monoisotopic (exact) mass is 260 g/mol. The van der Waals surface area contributed by atoms with Crippen LogP contribution in [0.2, 0.25) is 0 Å². The van der Waals surface area contributed by atoms with E-state index in [1.165, 1.54) is 25.7 Å². The first-order valence-corrected chi connectivity index (χ1v) is 6.92. The average Bonchev–Trinajstić information content (AvgIpc) is 3.10. The van der Waals surface area contributed by atoms with E-state index in [0.29, 0.717) is 19.1 Å². The van der Waals surface area contributed by atoms with Gasteiger partial charge >= 0.3 is 0 Å². The van der Waals surface area contributed by atoms with E-state index in [4.69, 9.17) is 0 Å². The Hall–Kier alpha value is -1.69. The van der Waals surface area contributed by atoms with Crippen molar-refractivity contribution in [2.75, 3.05) is 7.05 Å². The summed E-state index contributed by atoms with van der Waals surface area (Å²) in [5, 5.41) is 12.1. The number of nitrogens with zero attached hydrogens (tertiary/aromatic N) is 5. The number of aromatic nitrogens is 5. The molecule has 1 N–H and O–H groups in total. The minimum absolute atomic E-state index is 0.601. The average molecular weight is 260 g/mol. The minimum atomic E-state index is 0.601. The van der Waals surface area contributed by atoms with Crippen LogP contribution in [0, 0.1) is 0 Å². The van der Waals surface area contributed by atoms with Crippen molar-refractivity contribution in [3.8, 4) is 0 Å². The number of nitrogens with one attached hydrogen (secondary N) is 1. The summed E-state index contributed by atoms with van der Waals surface area (Å²) >= 11 is 0. The first kappa shape index (κ1) is 12.3. The smallest absolute Gasteiger partial charge is 0.164 e. The first-order chi connectivity index (χ1) is 9.35. The molecule has 0 amide bonds. The molecule has 0 spiro atoms. The molecule has 0 unspecified atom stereocenters. The van der Waals surface area contributed by atoms with Crippen LogP contribution in [0.4, 0.5) is 0 Å². The molecule has 6 heteroatoms. The Morgan fingerprint density at radius 1 is 1.32 bits per heavy atom. The Bertz CT molecular complexity index is 523. The molecule has 2 heterocycles. The van der Waals surface area contributed by atoms with Gasteiger partial charge in [-0.25, -0.2) is 9.67 Å². The van der Waals surface area contributed by atoms with Crippen LogP contribution in [-0.4, -0.2) is 31.6 Å². The highest BCUT2D eigenvalue weighted by atomic mass is 15.4. The van der Waals surface area contributed by atoms with Crippen LogP contribution < -0.4 is 5.32 Å². The van der Waals surface area contributed by atoms with Crippen LogP contribution in [0.1, 0.15) is 43.2 Å². The van der Waals surface area contributed by atoms with Gasteiger partial charge in [-0.05, 0) is 26.0 Å². The second kappa shape index (κ2) is 5.52. The molecular formula is C13H20N6. The van der Waals surface area contributed by atoms with Crippen molar-refractivity contribution < 1.29 is 0 Å². The van der Waals surface area contributed by atoms with Gasteiger partial charge in [0.15, 0.2) is 5.82 Å². The highest BCUT2D eigenvalue weighted by Crippen LogP contribution is 2.28. The van der Waals surface area contributed by atoms with Crippen LogP contribution in [0.3, 0.4) is 0 Å². The summed E-state index contributed by atoms with van der Waals surface area (Å²) in [6.07, 6.45) is 9.04. The van der Waals surface area contributed by atoms with Crippen LogP contribution in [-0.2, 0) is 13.1 Å². The lowest BCUT2D eigenvalue weighted by Crippen LogP contribution is -2.09. The lowest BCUT2D eigenvalue weighted by atomic mass is 10.3. The summed E-state index contributed by atoms with van der Waals surface area (Å²) in [6.45, 7) is 1.39. The van der Waals surface area contributed by atoms with Crippen LogP contribution >= 0.6 is 0 Å². The lowest BCUT2D eigenvalue weighted by molar-refractivity contribution is 0.460. The fourth-order valence-corrected chi connectivity index (χ4v) is 2.65. The Balaban J connectivity index is 1.65. The third-order valence-electron chi connectivity index (χ3n) is 3.61. The Kier molecular flexibility index (Phi) is 3.59. The molecule has 19 heavy (non-hydrogen) atoms. The summed E-state index contributed by atoms with van der Waals surface area (Å²) in [5.74, 6) is 0.817. The molecule has 0 radical (unpaired) electrons. The fourth-order valence-electron chi connectivity index (χ4n) is 2.65. The second-order valence-electron chi connectivity index (χ2n) is 5.11. The van der Waals surface area contributed by atoms with Gasteiger partial charge in [0.2, 0.25) is 0 Å². The summed E-state index contributed by atoms with van der Waals surface area (Å²) in [5.41, 5.74) is 1.05. The van der Waals surface area contributed by atoms with Gasteiger partial charge in [0.1, 0.15) is 6.33 Å². The number of rotatable bonds is 5. The topological polar surface area (TPSA) is 60.6 Å². The molecule has 0 aliphatic heterocycles. The SMILES string of the molecule is CNCc1ncn(Cc2ccn(C3CCCC3)n2)n1. The van der Waals surface area contributed by atoms with Gasteiger partial charge in [-0.3, -0.25) is 4.68 Å². The van der Waals surface area contributed by atoms with Gasteiger partial charge in [0.25, 0.3) is 0 Å². The normalized spacial score (nSPS) is 16.3. The van der Waals surface area contributed by atoms with E-state index in [2.05, 4.69) is 37.4 Å². The molecule has 1 aliphatic carbocycles. The Morgan fingerprint density at radius 3 is 2.95 bits per heavy atom. The first-order valence-electron chi connectivity index (χ1n) is 6.92. The minimum Gasteiger partial charge on any atom is -0.313 e. The molecule has 1 saturated carbocycles. The zero-order valence-electron chi connectivity index (χ0n) is 11.3. The fraction of sp³-hybridized carbons (Fsp3) is 0.615. The summed E-state index contributed by atoms with van der Waals surface area (Å²) in [6, 6.07) is 2.68. The molecule has 3 rings (SSSR count). The number of hydrogen-bond donors (Lipinski definition) is 1. The van der Waals surface area contributed by atoms with Crippen molar-refractivity contribution in [2.45, 2.75) is 44.8 Å². The molecule has 1 aliphatic rings. The highest BCUT2D eigenvalue weighted by Gasteiger charge is 2.17. The van der Waals surface area contributed by atoms with E-state index < -0.39 is 0 Å². The summed E-state index contributed by atoms with van der Waals surface area (Å²) in [4.78, 5) is 4.24. The van der Waals surface area contributed by atoms with Crippen molar-refractivity contribution in [3.05, 3.63) is 30.1 Å². The third-order valence-corrected chi connectivity index (χ3v) is 3.61. The standard InChI is InChI=1S/C13H20N6/c1-14-8-13-15-10-18(17-13)9-11-6-7-19(16-11)12-4-2-3-5-12/h6-7,10,12,14H,2-5,8-9H2,1H3. The molecule has 0 bridgehead atoms. The van der Waals surface area contributed by atoms with Crippen molar-refractivity contribution >= 4 is 0 Å². The molecule has 6 nitrogen and oxygen atoms in total. The lowest BCUT2D eigenvalue weighted by Gasteiger charge is -2.08. The molecule has 2 aromatic heterocycles. The van der Waals surface area contributed by atoms with Gasteiger partial charge in [-0.15, -0.1) is 0 Å². The largest absolute Gasteiger partial charge is 0.313 e. The molecule has 2 aromatic rings. The highest BCUT2D eigenvalue weighted by molar-refractivity contribution is 5.01. The quantitative estimate of drug-likeness (QED) is 0.881. The maximum Gasteiger partial charge on any atom is 0.164 e. The molecule has 0 saturated heterocycles. The van der Waals surface area contributed by atoms with E-state index >= 15 is 0 Å². The van der Waals surface area contributed by atoms with Gasteiger partial charge in [0.05, 0.1) is 24.8 Å². The second-order valence-corrected chi connectivity index (χ2v) is 5.11. The van der Waals surface area contributed by atoms with E-state index in [-0.39, 0.29) is 0 Å². The van der Waals surface area contributed by atoms with Gasteiger partial charge < -0.3 is 5.32 Å². The maximum atomic E-state index is 4.66. The zero-order chi connectivity index (χ0) is 13.1. The molecule has 102 valence electrons. The number of hydrogen-bond acceptors (Lipinski definition) is 4. The van der Waals surface area contributed by atoms with Gasteiger partial charge in [0, 0.05) is 6.20 Å². The molecule has 0 atom stereocenters. The van der Waals surface area contributed by atoms with E-state index in [1.54, 1.807) is 6.33 Å². The van der Waals surface area contributed by atoms with Gasteiger partial charge in [-0.1, -0.05) is 12.8 Å². The van der Waals surface area contributed by atoms with Crippen molar-refractivity contribution in [1.82, 2.24) is 29.9 Å². The molecular weight excluding hydrogens is 240 g/mol. The van der Waals surface area contributed by atoms with E-state index in [9.17, 15) is 0 Å². The van der Waals surface area contributed by atoms with E-state index in [1.807, 2.05) is 11.7 Å². The predicted molar refractivity (Wildman–Crippen MR) is 71.6 cm³/mol. The van der Waals surface area contributed by atoms with Gasteiger partial charge in [-0.2, -0.15) is 10.2 Å². The van der Waals surface area contributed by atoms with Crippen LogP contribution in [0.5, 0.6) is 0 Å².